The first-order valence-electron chi connectivity index (χ1n) is 6.01. The van der Waals surface area contributed by atoms with Crippen LogP contribution < -0.4 is 0 Å². The molecular weight excluding hydrogens is 280 g/mol. The van der Waals surface area contributed by atoms with Gasteiger partial charge in [-0.05, 0) is 30.0 Å². The molecule has 0 spiro atoms. The van der Waals surface area contributed by atoms with Crippen molar-refractivity contribution < 1.29 is 4.43 Å². The molecule has 16 heavy (non-hydrogen) atoms. The zero-order valence-electron chi connectivity index (χ0n) is 11.6. The Bertz CT molecular complexity index is 300. The first-order valence-corrected chi connectivity index (χ1v) is 9.71. The maximum atomic E-state index is 6.43. The summed E-state index contributed by atoms with van der Waals surface area (Å²) in [5.41, 5.74) is 0.270. The van der Waals surface area contributed by atoms with Crippen LogP contribution in [0.25, 0.3) is 0 Å². The molecule has 0 amide bonds. The van der Waals surface area contributed by atoms with Gasteiger partial charge in [-0.3, -0.25) is 0 Å². The SMILES string of the molecule is CC1(C)C=C(Br)C(O[Si](C)(C)C(C)(C)C)C1. The number of allylic oxidation sites excluding steroid dienone is 1. The van der Waals surface area contributed by atoms with Crippen molar-refractivity contribution >= 4 is 24.2 Å². The molecule has 1 atom stereocenters. The van der Waals surface area contributed by atoms with Crippen LogP contribution in [0, 0.1) is 5.41 Å². The fraction of sp³-hybridized carbons (Fsp3) is 0.846. The van der Waals surface area contributed by atoms with E-state index in [2.05, 4.69) is 69.7 Å². The normalized spacial score (nSPS) is 25.8. The van der Waals surface area contributed by atoms with Gasteiger partial charge in [0.05, 0.1) is 6.10 Å². The molecule has 1 rings (SSSR count). The Morgan fingerprint density at radius 2 is 1.88 bits per heavy atom. The van der Waals surface area contributed by atoms with Gasteiger partial charge in [0.2, 0.25) is 0 Å². The van der Waals surface area contributed by atoms with Gasteiger partial charge in [-0.15, -0.1) is 0 Å². The molecule has 0 aromatic rings. The van der Waals surface area contributed by atoms with Crippen molar-refractivity contribution in [1.82, 2.24) is 0 Å². The fourth-order valence-electron chi connectivity index (χ4n) is 1.73. The molecule has 0 N–H and O–H groups in total. The summed E-state index contributed by atoms with van der Waals surface area (Å²) in [5.74, 6) is 0. The number of hydrogen-bond donors (Lipinski definition) is 0. The quantitative estimate of drug-likeness (QED) is 0.646. The summed E-state index contributed by atoms with van der Waals surface area (Å²) < 4.78 is 7.67. The van der Waals surface area contributed by atoms with Gasteiger partial charge >= 0.3 is 0 Å². The summed E-state index contributed by atoms with van der Waals surface area (Å²) in [5, 5.41) is 0.285. The van der Waals surface area contributed by atoms with Crippen molar-refractivity contribution in [2.24, 2.45) is 5.41 Å². The molecule has 0 radical (unpaired) electrons. The smallest absolute Gasteiger partial charge is 0.192 e. The van der Waals surface area contributed by atoms with E-state index in [1.54, 1.807) is 0 Å². The molecule has 94 valence electrons. The van der Waals surface area contributed by atoms with E-state index in [0.29, 0.717) is 0 Å². The molecule has 0 saturated carbocycles. The van der Waals surface area contributed by atoms with Crippen LogP contribution >= 0.6 is 15.9 Å². The summed E-state index contributed by atoms with van der Waals surface area (Å²) in [4.78, 5) is 0. The molecule has 1 unspecified atom stereocenters. The molecule has 0 aromatic carbocycles. The van der Waals surface area contributed by atoms with Crippen LogP contribution in [0.5, 0.6) is 0 Å². The highest BCUT2D eigenvalue weighted by Crippen LogP contribution is 2.44. The summed E-state index contributed by atoms with van der Waals surface area (Å²) >= 11 is 3.66. The van der Waals surface area contributed by atoms with Crippen LogP contribution in [0.1, 0.15) is 41.0 Å². The standard InChI is InChI=1S/C13H25BrOSi/c1-12(2,3)16(6,7)15-11-9-13(4,5)8-10(11)14/h8,11H,9H2,1-7H3. The second-order valence-electron chi connectivity index (χ2n) is 7.09. The zero-order valence-corrected chi connectivity index (χ0v) is 14.2. The van der Waals surface area contributed by atoms with E-state index in [1.807, 2.05) is 0 Å². The van der Waals surface area contributed by atoms with Gasteiger partial charge in [0, 0.05) is 4.48 Å². The Balaban J connectivity index is 2.75. The molecular formula is C13H25BrOSi. The highest BCUT2D eigenvalue weighted by Gasteiger charge is 2.42. The Hall–Kier alpha value is 0.397. The maximum Gasteiger partial charge on any atom is 0.192 e. The molecule has 1 nitrogen and oxygen atoms in total. The van der Waals surface area contributed by atoms with Crippen LogP contribution in [0.4, 0.5) is 0 Å². The van der Waals surface area contributed by atoms with Crippen LogP contribution in [0.3, 0.4) is 0 Å². The topological polar surface area (TPSA) is 9.23 Å². The van der Waals surface area contributed by atoms with Crippen molar-refractivity contribution in [2.75, 3.05) is 0 Å². The van der Waals surface area contributed by atoms with E-state index >= 15 is 0 Å². The Morgan fingerprint density at radius 1 is 1.38 bits per heavy atom. The lowest BCUT2D eigenvalue weighted by molar-refractivity contribution is 0.194. The highest BCUT2D eigenvalue weighted by atomic mass is 79.9. The minimum atomic E-state index is -1.65. The Kier molecular flexibility index (Phi) is 3.84. The molecule has 0 heterocycles. The fourth-order valence-corrected chi connectivity index (χ4v) is 4.05. The van der Waals surface area contributed by atoms with Crippen LogP contribution in [-0.2, 0) is 4.43 Å². The van der Waals surface area contributed by atoms with E-state index in [4.69, 9.17) is 4.43 Å². The van der Waals surface area contributed by atoms with Crippen molar-refractivity contribution in [1.29, 1.82) is 0 Å². The second-order valence-corrected chi connectivity index (χ2v) is 12.8. The maximum absolute atomic E-state index is 6.43. The van der Waals surface area contributed by atoms with Gasteiger partial charge in [-0.2, -0.15) is 0 Å². The summed E-state index contributed by atoms with van der Waals surface area (Å²) in [7, 11) is -1.65. The van der Waals surface area contributed by atoms with Gasteiger partial charge in [-0.25, -0.2) is 0 Å². The van der Waals surface area contributed by atoms with Crippen molar-refractivity contribution in [2.45, 2.75) is 65.3 Å². The lowest BCUT2D eigenvalue weighted by atomic mass is 9.93. The largest absolute Gasteiger partial charge is 0.409 e. The third kappa shape index (κ3) is 3.20. The monoisotopic (exact) mass is 304 g/mol. The first kappa shape index (κ1) is 14.5. The number of rotatable bonds is 2. The van der Waals surface area contributed by atoms with Crippen LogP contribution in [0.15, 0.2) is 10.6 Å². The molecule has 1 aliphatic rings. The van der Waals surface area contributed by atoms with Gasteiger partial charge < -0.3 is 4.43 Å². The zero-order chi connectivity index (χ0) is 12.8. The average Bonchev–Trinajstić information content (AvgIpc) is 2.20. The van der Waals surface area contributed by atoms with Gasteiger partial charge in [0.25, 0.3) is 0 Å². The predicted molar refractivity (Wildman–Crippen MR) is 77.5 cm³/mol. The Labute approximate surface area is 110 Å². The minimum absolute atomic E-state index is 0.270. The van der Waals surface area contributed by atoms with Gasteiger partial charge in [0.1, 0.15) is 0 Å². The van der Waals surface area contributed by atoms with Crippen molar-refractivity contribution in [3.8, 4) is 0 Å². The lowest BCUT2D eigenvalue weighted by Gasteiger charge is -2.39. The molecule has 0 bridgehead atoms. The second kappa shape index (κ2) is 4.25. The van der Waals surface area contributed by atoms with Crippen molar-refractivity contribution in [3.05, 3.63) is 10.6 Å². The van der Waals surface area contributed by atoms with E-state index < -0.39 is 8.32 Å². The minimum Gasteiger partial charge on any atom is -0.409 e. The van der Waals surface area contributed by atoms with E-state index in [9.17, 15) is 0 Å². The number of hydrogen-bond acceptors (Lipinski definition) is 1. The summed E-state index contributed by atoms with van der Waals surface area (Å²) in [6.07, 6.45) is 3.67. The molecule has 0 aliphatic heterocycles. The van der Waals surface area contributed by atoms with Crippen LogP contribution in [-0.4, -0.2) is 14.4 Å². The van der Waals surface area contributed by atoms with Crippen molar-refractivity contribution in [3.63, 3.8) is 0 Å². The molecule has 1 aliphatic carbocycles. The third-order valence-corrected chi connectivity index (χ3v) is 9.02. The van der Waals surface area contributed by atoms with Crippen LogP contribution in [0.2, 0.25) is 18.1 Å². The first-order chi connectivity index (χ1) is 6.95. The molecule has 0 fully saturated rings. The predicted octanol–water partition coefficient (Wildman–Crippen LogP) is 5.09. The van der Waals surface area contributed by atoms with Gasteiger partial charge in [0.15, 0.2) is 8.32 Å². The molecule has 0 aromatic heterocycles. The summed E-state index contributed by atoms with van der Waals surface area (Å²) in [6, 6.07) is 0. The average molecular weight is 305 g/mol. The lowest BCUT2D eigenvalue weighted by Crippen LogP contribution is -2.43. The van der Waals surface area contributed by atoms with E-state index in [-0.39, 0.29) is 16.6 Å². The van der Waals surface area contributed by atoms with E-state index in [0.717, 1.165) is 6.42 Å². The van der Waals surface area contributed by atoms with E-state index in [1.165, 1.54) is 4.48 Å². The highest BCUT2D eigenvalue weighted by molar-refractivity contribution is 9.11. The summed E-state index contributed by atoms with van der Waals surface area (Å²) in [6.45, 7) is 16.0. The molecule has 3 heteroatoms. The molecule has 0 saturated heterocycles. The Morgan fingerprint density at radius 3 is 2.19 bits per heavy atom. The third-order valence-electron chi connectivity index (χ3n) is 3.79. The van der Waals surface area contributed by atoms with Gasteiger partial charge in [-0.1, -0.05) is 56.6 Å². The number of halogens is 1.